The molecule has 1 N–H and O–H groups in total. The molecule has 4 rings (SSSR count). The Bertz CT molecular complexity index is 933. The third kappa shape index (κ3) is 3.28. The molecule has 26 heavy (non-hydrogen) atoms. The molecule has 1 aliphatic heterocycles. The van der Waals surface area contributed by atoms with Gasteiger partial charge in [0.1, 0.15) is 17.6 Å². The van der Waals surface area contributed by atoms with E-state index in [1.807, 2.05) is 19.1 Å². The summed E-state index contributed by atoms with van der Waals surface area (Å²) in [4.78, 5) is 18.5. The van der Waals surface area contributed by atoms with Gasteiger partial charge in [0.05, 0.1) is 18.8 Å². The number of carbonyl (C=O) groups excluding carboxylic acids is 1. The molecule has 0 bridgehead atoms. The Labute approximate surface area is 149 Å². The number of amides is 1. The zero-order valence-corrected chi connectivity index (χ0v) is 14.1. The van der Waals surface area contributed by atoms with E-state index in [9.17, 15) is 9.18 Å². The number of hydrogen-bond acceptors (Lipinski definition) is 4. The van der Waals surface area contributed by atoms with Crippen LogP contribution < -0.4 is 4.74 Å². The number of likely N-dealkylation sites (tertiary alicyclic amines) is 1. The van der Waals surface area contributed by atoms with Gasteiger partial charge in [0, 0.05) is 17.3 Å². The summed E-state index contributed by atoms with van der Waals surface area (Å²) in [7, 11) is 0. The second-order valence-corrected chi connectivity index (χ2v) is 6.24. The fourth-order valence-corrected chi connectivity index (χ4v) is 2.80. The number of carbonyl (C=O) groups is 1. The summed E-state index contributed by atoms with van der Waals surface area (Å²) in [5.41, 5.74) is 2.64. The molecule has 2 aromatic heterocycles. The van der Waals surface area contributed by atoms with Gasteiger partial charge < -0.3 is 9.64 Å². The van der Waals surface area contributed by atoms with Crippen molar-refractivity contribution in [1.29, 1.82) is 0 Å². The van der Waals surface area contributed by atoms with Crippen molar-refractivity contribution in [2.75, 3.05) is 13.1 Å². The Hall–Kier alpha value is -3.22. The summed E-state index contributed by atoms with van der Waals surface area (Å²) in [5, 5.41) is 6.89. The molecule has 1 saturated heterocycles. The summed E-state index contributed by atoms with van der Waals surface area (Å²) in [6, 6.07) is 13.3. The molecular formula is C19H17FN4O2. The van der Waals surface area contributed by atoms with E-state index in [0.717, 1.165) is 11.3 Å². The molecule has 7 heteroatoms. The number of nitrogens with one attached hydrogen (secondary N) is 1. The van der Waals surface area contributed by atoms with Crippen LogP contribution in [0.3, 0.4) is 0 Å². The zero-order valence-electron chi connectivity index (χ0n) is 14.1. The van der Waals surface area contributed by atoms with Crippen molar-refractivity contribution in [1.82, 2.24) is 20.1 Å². The van der Waals surface area contributed by atoms with Gasteiger partial charge in [-0.3, -0.25) is 9.89 Å². The van der Waals surface area contributed by atoms with Crippen LogP contribution in [0.4, 0.5) is 4.39 Å². The van der Waals surface area contributed by atoms with E-state index < -0.39 is 0 Å². The average molecular weight is 352 g/mol. The smallest absolute Gasteiger partial charge is 0.272 e. The van der Waals surface area contributed by atoms with Crippen molar-refractivity contribution in [2.45, 2.75) is 13.0 Å². The first-order valence-corrected chi connectivity index (χ1v) is 8.29. The molecule has 0 saturated carbocycles. The van der Waals surface area contributed by atoms with Gasteiger partial charge in [-0.2, -0.15) is 5.10 Å². The van der Waals surface area contributed by atoms with Crippen LogP contribution in [0, 0.1) is 12.7 Å². The lowest BCUT2D eigenvalue weighted by Gasteiger charge is -2.38. The molecule has 1 amide bonds. The average Bonchev–Trinajstić information content (AvgIpc) is 3.08. The van der Waals surface area contributed by atoms with E-state index in [0.29, 0.717) is 30.4 Å². The number of nitrogens with zero attached hydrogens (tertiary/aromatic N) is 3. The molecule has 1 fully saturated rings. The first kappa shape index (κ1) is 16.3. The Morgan fingerprint density at radius 1 is 1.23 bits per heavy atom. The molecule has 3 heterocycles. The lowest BCUT2D eigenvalue weighted by atomic mass is 10.1. The van der Waals surface area contributed by atoms with E-state index in [4.69, 9.17) is 4.74 Å². The summed E-state index contributed by atoms with van der Waals surface area (Å²) in [6.45, 7) is 2.90. The second-order valence-electron chi connectivity index (χ2n) is 6.24. The maximum absolute atomic E-state index is 13.0. The number of rotatable bonds is 4. The third-order valence-electron chi connectivity index (χ3n) is 4.23. The van der Waals surface area contributed by atoms with Gasteiger partial charge in [0.2, 0.25) is 5.88 Å². The van der Waals surface area contributed by atoms with E-state index >= 15 is 0 Å². The molecule has 1 aromatic carbocycles. The van der Waals surface area contributed by atoms with Gasteiger partial charge in [0.25, 0.3) is 5.91 Å². The number of hydrogen-bond donors (Lipinski definition) is 1. The first-order chi connectivity index (χ1) is 12.6. The standard InChI is InChI=1S/C19H17FN4O2/c1-12-3-2-4-18(21-12)26-15-10-24(11-15)19(25)17-9-16(22-23-17)13-5-7-14(20)8-6-13/h2-9,15H,10-11H2,1H3,(H,22,23). The van der Waals surface area contributed by atoms with Crippen molar-refractivity contribution < 1.29 is 13.9 Å². The van der Waals surface area contributed by atoms with Gasteiger partial charge in [0.15, 0.2) is 0 Å². The largest absolute Gasteiger partial charge is 0.471 e. The first-order valence-electron chi connectivity index (χ1n) is 8.29. The highest BCUT2D eigenvalue weighted by molar-refractivity contribution is 5.94. The number of aryl methyl sites for hydroxylation is 1. The quantitative estimate of drug-likeness (QED) is 0.784. The normalized spacial score (nSPS) is 14.2. The van der Waals surface area contributed by atoms with E-state index in [-0.39, 0.29) is 17.8 Å². The monoisotopic (exact) mass is 352 g/mol. The van der Waals surface area contributed by atoms with Crippen molar-refractivity contribution in [3.05, 3.63) is 65.7 Å². The molecule has 0 spiro atoms. The number of halogens is 1. The topological polar surface area (TPSA) is 71.1 Å². The van der Waals surface area contributed by atoms with Gasteiger partial charge >= 0.3 is 0 Å². The molecular weight excluding hydrogens is 335 g/mol. The van der Waals surface area contributed by atoms with Crippen molar-refractivity contribution in [2.24, 2.45) is 0 Å². The van der Waals surface area contributed by atoms with Gasteiger partial charge in [-0.15, -0.1) is 0 Å². The molecule has 0 atom stereocenters. The van der Waals surface area contributed by atoms with Gasteiger partial charge in [-0.25, -0.2) is 9.37 Å². The van der Waals surface area contributed by atoms with Crippen LogP contribution in [-0.4, -0.2) is 45.2 Å². The van der Waals surface area contributed by atoms with Crippen LogP contribution in [0.1, 0.15) is 16.2 Å². The minimum Gasteiger partial charge on any atom is -0.471 e. The Morgan fingerprint density at radius 2 is 2.00 bits per heavy atom. The highest BCUT2D eigenvalue weighted by Crippen LogP contribution is 2.21. The number of benzene rings is 1. The molecule has 0 unspecified atom stereocenters. The molecule has 0 aliphatic carbocycles. The minimum atomic E-state index is -0.310. The predicted octanol–water partition coefficient (Wildman–Crippen LogP) is 2.82. The van der Waals surface area contributed by atoms with Crippen LogP contribution in [-0.2, 0) is 0 Å². The Kier molecular flexibility index (Phi) is 4.12. The third-order valence-corrected chi connectivity index (χ3v) is 4.23. The second kappa shape index (κ2) is 6.59. The molecule has 132 valence electrons. The Balaban J connectivity index is 1.37. The maximum atomic E-state index is 13.0. The van der Waals surface area contributed by atoms with E-state index in [1.165, 1.54) is 12.1 Å². The molecule has 6 nitrogen and oxygen atoms in total. The SMILES string of the molecule is Cc1cccc(OC2CN(C(=O)c3cc(-c4ccc(F)cc4)n[nH]3)C2)n1. The van der Waals surface area contributed by atoms with Crippen molar-refractivity contribution in [3.63, 3.8) is 0 Å². The van der Waals surface area contributed by atoms with Crippen LogP contribution in [0.15, 0.2) is 48.5 Å². The zero-order chi connectivity index (χ0) is 18.1. The number of aromatic nitrogens is 3. The van der Waals surface area contributed by atoms with Crippen LogP contribution in [0.2, 0.25) is 0 Å². The fraction of sp³-hybridized carbons (Fsp3) is 0.211. The Morgan fingerprint density at radius 3 is 2.73 bits per heavy atom. The minimum absolute atomic E-state index is 0.0623. The lowest BCUT2D eigenvalue weighted by Crippen LogP contribution is -2.56. The maximum Gasteiger partial charge on any atom is 0.272 e. The van der Waals surface area contributed by atoms with Crippen molar-refractivity contribution >= 4 is 5.91 Å². The van der Waals surface area contributed by atoms with Crippen LogP contribution in [0.25, 0.3) is 11.3 Å². The molecule has 3 aromatic rings. The number of pyridine rings is 1. The predicted molar refractivity (Wildman–Crippen MR) is 93.3 cm³/mol. The number of aromatic amines is 1. The number of H-pyrrole nitrogens is 1. The highest BCUT2D eigenvalue weighted by Gasteiger charge is 2.34. The summed E-state index contributed by atoms with van der Waals surface area (Å²) in [5.74, 6) is 0.125. The fourth-order valence-electron chi connectivity index (χ4n) is 2.80. The highest BCUT2D eigenvalue weighted by atomic mass is 19.1. The summed E-state index contributed by atoms with van der Waals surface area (Å²) >= 11 is 0. The molecule has 1 aliphatic rings. The summed E-state index contributed by atoms with van der Waals surface area (Å²) in [6.07, 6.45) is -0.0623. The van der Waals surface area contributed by atoms with E-state index in [1.54, 1.807) is 29.2 Å². The van der Waals surface area contributed by atoms with Gasteiger partial charge in [-0.05, 0) is 43.3 Å². The van der Waals surface area contributed by atoms with Crippen molar-refractivity contribution in [3.8, 4) is 17.1 Å². The van der Waals surface area contributed by atoms with Gasteiger partial charge in [-0.1, -0.05) is 6.07 Å². The number of ether oxygens (including phenoxy) is 1. The summed E-state index contributed by atoms with van der Waals surface area (Å²) < 4.78 is 18.8. The lowest BCUT2D eigenvalue weighted by molar-refractivity contribution is 0.0155. The van der Waals surface area contributed by atoms with Crippen LogP contribution in [0.5, 0.6) is 5.88 Å². The molecule has 0 radical (unpaired) electrons. The van der Waals surface area contributed by atoms with E-state index in [2.05, 4.69) is 15.2 Å². The van der Waals surface area contributed by atoms with Crippen LogP contribution >= 0.6 is 0 Å².